The molecule has 1 aromatic rings. The van der Waals surface area contributed by atoms with E-state index in [1.165, 1.54) is 6.07 Å². The minimum atomic E-state index is -0.415. The van der Waals surface area contributed by atoms with Crippen molar-refractivity contribution in [3.05, 3.63) is 29.6 Å². The van der Waals surface area contributed by atoms with Gasteiger partial charge < -0.3 is 10.6 Å². The van der Waals surface area contributed by atoms with Crippen molar-refractivity contribution in [2.24, 2.45) is 5.92 Å². The van der Waals surface area contributed by atoms with Crippen LogP contribution in [0.5, 0.6) is 0 Å². The van der Waals surface area contributed by atoms with Crippen LogP contribution in [0.1, 0.15) is 37.6 Å². The maximum atomic E-state index is 13.5. The number of anilines is 1. The number of nitrogens with one attached hydrogen (secondary N) is 2. The lowest BCUT2D eigenvalue weighted by molar-refractivity contribution is 0.0928. The molecule has 0 aliphatic carbocycles. The van der Waals surface area contributed by atoms with Gasteiger partial charge in [0.05, 0.1) is 11.3 Å². The van der Waals surface area contributed by atoms with Crippen molar-refractivity contribution in [2.45, 2.75) is 33.2 Å². The van der Waals surface area contributed by atoms with Crippen LogP contribution < -0.4 is 10.6 Å². The molecule has 2 unspecified atom stereocenters. The summed E-state index contributed by atoms with van der Waals surface area (Å²) in [5.41, 5.74) is 0.582. The number of hydrogen-bond acceptors (Lipinski definition) is 2. The third kappa shape index (κ3) is 3.22. The third-order valence-corrected chi connectivity index (χ3v) is 3.36. The zero-order chi connectivity index (χ0) is 13.7. The van der Waals surface area contributed by atoms with E-state index >= 15 is 0 Å². The van der Waals surface area contributed by atoms with Crippen molar-refractivity contribution in [3.63, 3.8) is 0 Å². The fourth-order valence-corrected chi connectivity index (χ4v) is 1.75. The van der Waals surface area contributed by atoms with E-state index in [1.54, 1.807) is 19.2 Å². The van der Waals surface area contributed by atoms with Crippen LogP contribution in [0.4, 0.5) is 10.1 Å². The van der Waals surface area contributed by atoms with E-state index in [4.69, 9.17) is 0 Å². The molecule has 0 saturated carbocycles. The number of carbonyl (C=O) groups excluding carboxylic acids is 1. The second kappa shape index (κ2) is 6.38. The number of hydrogen-bond donors (Lipinski definition) is 2. The molecule has 0 radical (unpaired) electrons. The summed E-state index contributed by atoms with van der Waals surface area (Å²) in [6, 6.07) is 4.56. The maximum Gasteiger partial charge on any atom is 0.253 e. The standard InChI is InChI=1S/C14H21FN2O/c1-5-9(2)10(3)17-14(18)11-7-6-8-12(15)13(11)16-4/h6-10,16H,5H2,1-4H3,(H,17,18). The van der Waals surface area contributed by atoms with Crippen LogP contribution >= 0.6 is 0 Å². The number of carbonyl (C=O) groups is 1. The van der Waals surface area contributed by atoms with Crippen molar-refractivity contribution in [1.29, 1.82) is 0 Å². The molecule has 4 heteroatoms. The Balaban J connectivity index is 2.88. The van der Waals surface area contributed by atoms with Crippen LogP contribution in [0.15, 0.2) is 18.2 Å². The van der Waals surface area contributed by atoms with Crippen molar-refractivity contribution in [2.75, 3.05) is 12.4 Å². The summed E-state index contributed by atoms with van der Waals surface area (Å²) in [6.07, 6.45) is 0.990. The highest BCUT2D eigenvalue weighted by Crippen LogP contribution is 2.19. The summed E-state index contributed by atoms with van der Waals surface area (Å²) >= 11 is 0. The fourth-order valence-electron chi connectivity index (χ4n) is 1.75. The highest BCUT2D eigenvalue weighted by Gasteiger charge is 2.18. The van der Waals surface area contributed by atoms with Gasteiger partial charge in [-0.2, -0.15) is 0 Å². The first-order valence-corrected chi connectivity index (χ1v) is 6.28. The topological polar surface area (TPSA) is 41.1 Å². The van der Waals surface area contributed by atoms with Crippen molar-refractivity contribution in [1.82, 2.24) is 5.32 Å². The number of rotatable bonds is 5. The van der Waals surface area contributed by atoms with Crippen LogP contribution in [0.25, 0.3) is 0 Å². The van der Waals surface area contributed by atoms with Crippen LogP contribution in [-0.4, -0.2) is 19.0 Å². The molecule has 1 aromatic carbocycles. The first kappa shape index (κ1) is 14.5. The summed E-state index contributed by atoms with van der Waals surface area (Å²) in [5.74, 6) is -0.270. The average molecular weight is 252 g/mol. The van der Waals surface area contributed by atoms with Gasteiger partial charge in [0, 0.05) is 13.1 Å². The summed E-state index contributed by atoms with van der Waals surface area (Å²) in [5, 5.41) is 5.63. The number of benzene rings is 1. The van der Waals surface area contributed by atoms with Crippen LogP contribution in [-0.2, 0) is 0 Å². The molecule has 0 saturated heterocycles. The van der Waals surface area contributed by atoms with E-state index in [0.29, 0.717) is 11.5 Å². The number of amides is 1. The monoisotopic (exact) mass is 252 g/mol. The van der Waals surface area contributed by atoms with Crippen LogP contribution in [0, 0.1) is 11.7 Å². The quantitative estimate of drug-likeness (QED) is 0.845. The maximum absolute atomic E-state index is 13.5. The molecule has 0 aliphatic heterocycles. The van der Waals surface area contributed by atoms with Gasteiger partial charge >= 0.3 is 0 Å². The molecule has 18 heavy (non-hydrogen) atoms. The number of halogens is 1. The predicted octanol–water partition coefficient (Wildman–Crippen LogP) is 3.03. The molecule has 2 atom stereocenters. The molecule has 0 aliphatic rings. The Hall–Kier alpha value is -1.58. The van der Waals surface area contributed by atoms with Gasteiger partial charge in [-0.25, -0.2) is 4.39 Å². The van der Waals surface area contributed by atoms with Gasteiger partial charge in [0.1, 0.15) is 5.82 Å². The van der Waals surface area contributed by atoms with E-state index in [2.05, 4.69) is 24.5 Å². The van der Waals surface area contributed by atoms with Crippen molar-refractivity contribution < 1.29 is 9.18 Å². The Morgan fingerprint density at radius 3 is 2.61 bits per heavy atom. The van der Waals surface area contributed by atoms with Crippen LogP contribution in [0.2, 0.25) is 0 Å². The Bertz CT molecular complexity index is 420. The molecular formula is C14H21FN2O. The minimum absolute atomic E-state index is 0.0653. The molecule has 2 N–H and O–H groups in total. The molecule has 0 spiro atoms. The van der Waals surface area contributed by atoms with Gasteiger partial charge in [-0.1, -0.05) is 26.3 Å². The average Bonchev–Trinajstić information content (AvgIpc) is 2.37. The third-order valence-electron chi connectivity index (χ3n) is 3.36. The summed E-state index contributed by atoms with van der Waals surface area (Å²) in [7, 11) is 1.60. The smallest absolute Gasteiger partial charge is 0.253 e. The van der Waals surface area contributed by atoms with Gasteiger partial charge in [0.2, 0.25) is 0 Å². The molecule has 0 aromatic heterocycles. The van der Waals surface area contributed by atoms with E-state index in [9.17, 15) is 9.18 Å². The van der Waals surface area contributed by atoms with Gasteiger partial charge in [0.25, 0.3) is 5.91 Å². The number of para-hydroxylation sites is 1. The second-order valence-electron chi connectivity index (χ2n) is 4.56. The first-order valence-electron chi connectivity index (χ1n) is 6.28. The lowest BCUT2D eigenvalue weighted by atomic mass is 10.0. The lowest BCUT2D eigenvalue weighted by Crippen LogP contribution is -2.37. The van der Waals surface area contributed by atoms with Gasteiger partial charge in [-0.3, -0.25) is 4.79 Å². The highest BCUT2D eigenvalue weighted by molar-refractivity contribution is 5.99. The molecular weight excluding hydrogens is 231 g/mol. The fraction of sp³-hybridized carbons (Fsp3) is 0.500. The molecule has 1 rings (SSSR count). The Kier molecular flexibility index (Phi) is 5.13. The zero-order valence-electron chi connectivity index (χ0n) is 11.4. The summed E-state index contributed by atoms with van der Waals surface area (Å²) in [4.78, 5) is 12.1. The molecule has 0 fully saturated rings. The zero-order valence-corrected chi connectivity index (χ0v) is 11.4. The molecule has 100 valence electrons. The minimum Gasteiger partial charge on any atom is -0.385 e. The highest BCUT2D eigenvalue weighted by atomic mass is 19.1. The SMILES string of the molecule is CCC(C)C(C)NC(=O)c1cccc(F)c1NC. The van der Waals surface area contributed by atoms with Crippen LogP contribution in [0.3, 0.4) is 0 Å². The first-order chi connectivity index (χ1) is 8.51. The van der Waals surface area contributed by atoms with E-state index < -0.39 is 5.82 Å². The van der Waals surface area contributed by atoms with E-state index in [1.807, 2.05) is 6.92 Å². The molecule has 0 heterocycles. The normalized spacial score (nSPS) is 13.8. The summed E-state index contributed by atoms with van der Waals surface area (Å²) < 4.78 is 13.5. The Morgan fingerprint density at radius 2 is 2.06 bits per heavy atom. The second-order valence-corrected chi connectivity index (χ2v) is 4.56. The van der Waals surface area contributed by atoms with E-state index in [0.717, 1.165) is 6.42 Å². The van der Waals surface area contributed by atoms with Crippen molar-refractivity contribution in [3.8, 4) is 0 Å². The van der Waals surface area contributed by atoms with Gasteiger partial charge in [-0.05, 0) is 25.0 Å². The van der Waals surface area contributed by atoms with Crippen molar-refractivity contribution >= 4 is 11.6 Å². The largest absolute Gasteiger partial charge is 0.385 e. The molecule has 1 amide bonds. The van der Waals surface area contributed by atoms with Gasteiger partial charge in [0.15, 0.2) is 0 Å². The van der Waals surface area contributed by atoms with E-state index in [-0.39, 0.29) is 17.6 Å². The summed E-state index contributed by atoms with van der Waals surface area (Å²) in [6.45, 7) is 6.12. The molecule has 3 nitrogen and oxygen atoms in total. The predicted molar refractivity (Wildman–Crippen MR) is 72.3 cm³/mol. The Morgan fingerprint density at radius 1 is 1.39 bits per heavy atom. The lowest BCUT2D eigenvalue weighted by Gasteiger charge is -2.20. The Labute approximate surface area is 108 Å². The molecule has 0 bridgehead atoms. The van der Waals surface area contributed by atoms with Gasteiger partial charge in [-0.15, -0.1) is 0 Å².